The second-order valence-electron chi connectivity index (χ2n) is 4.66. The number of halogens is 1. The summed E-state index contributed by atoms with van der Waals surface area (Å²) in [6.07, 6.45) is 2.32. The third-order valence-corrected chi connectivity index (χ3v) is 3.85. The molecule has 1 saturated heterocycles. The fourth-order valence-electron chi connectivity index (χ4n) is 2.31. The van der Waals surface area contributed by atoms with Crippen LogP contribution < -0.4 is 10.1 Å². The molecule has 0 bridgehead atoms. The standard InChI is InChI=1S/C13H18ClNO/c1-13(5-7-15-8-6-13)10-3-4-12(16-2)11(14)9-10/h3-4,9,15H,5-8H2,1-2H3. The summed E-state index contributed by atoms with van der Waals surface area (Å²) < 4.78 is 5.18. The van der Waals surface area contributed by atoms with Crippen molar-refractivity contribution >= 4 is 11.6 Å². The lowest BCUT2D eigenvalue weighted by Crippen LogP contribution is -2.37. The SMILES string of the molecule is COc1ccc(C2(C)CCNCC2)cc1Cl. The van der Waals surface area contributed by atoms with E-state index in [1.807, 2.05) is 12.1 Å². The smallest absolute Gasteiger partial charge is 0.137 e. The molecule has 0 spiro atoms. The quantitative estimate of drug-likeness (QED) is 0.857. The molecule has 0 unspecified atom stereocenters. The fraction of sp³-hybridized carbons (Fsp3) is 0.538. The molecule has 0 aliphatic carbocycles. The highest BCUT2D eigenvalue weighted by Crippen LogP contribution is 2.36. The maximum Gasteiger partial charge on any atom is 0.137 e. The lowest BCUT2D eigenvalue weighted by atomic mass is 9.75. The molecular formula is C13H18ClNO. The highest BCUT2D eigenvalue weighted by Gasteiger charge is 2.28. The zero-order valence-electron chi connectivity index (χ0n) is 9.85. The molecule has 0 aromatic heterocycles. The summed E-state index contributed by atoms with van der Waals surface area (Å²) in [5.41, 5.74) is 1.57. The molecule has 1 aromatic carbocycles. The third kappa shape index (κ3) is 2.18. The molecule has 16 heavy (non-hydrogen) atoms. The van der Waals surface area contributed by atoms with E-state index < -0.39 is 0 Å². The average Bonchev–Trinajstić information content (AvgIpc) is 2.30. The van der Waals surface area contributed by atoms with Gasteiger partial charge in [0.25, 0.3) is 0 Å². The zero-order chi connectivity index (χ0) is 11.6. The van der Waals surface area contributed by atoms with Gasteiger partial charge in [-0.3, -0.25) is 0 Å². The highest BCUT2D eigenvalue weighted by atomic mass is 35.5. The van der Waals surface area contributed by atoms with Crippen molar-refractivity contribution in [3.63, 3.8) is 0 Å². The number of piperidine rings is 1. The Morgan fingerprint density at radius 1 is 1.31 bits per heavy atom. The van der Waals surface area contributed by atoms with Crippen LogP contribution in [0.4, 0.5) is 0 Å². The molecule has 0 atom stereocenters. The van der Waals surface area contributed by atoms with Crippen LogP contribution in [0.2, 0.25) is 5.02 Å². The van der Waals surface area contributed by atoms with Crippen molar-refractivity contribution in [3.8, 4) is 5.75 Å². The highest BCUT2D eigenvalue weighted by molar-refractivity contribution is 6.32. The van der Waals surface area contributed by atoms with Gasteiger partial charge in [-0.1, -0.05) is 24.6 Å². The van der Waals surface area contributed by atoms with Gasteiger partial charge < -0.3 is 10.1 Å². The van der Waals surface area contributed by atoms with Gasteiger partial charge in [-0.05, 0) is 49.0 Å². The van der Waals surface area contributed by atoms with Gasteiger partial charge in [-0.15, -0.1) is 0 Å². The average molecular weight is 240 g/mol. The molecular weight excluding hydrogens is 222 g/mol. The Labute approximate surface area is 102 Å². The number of hydrogen-bond donors (Lipinski definition) is 1. The van der Waals surface area contributed by atoms with E-state index in [1.165, 1.54) is 5.56 Å². The van der Waals surface area contributed by atoms with Crippen LogP contribution in [0.3, 0.4) is 0 Å². The summed E-state index contributed by atoms with van der Waals surface area (Å²) in [7, 11) is 1.65. The molecule has 1 fully saturated rings. The molecule has 1 heterocycles. The van der Waals surface area contributed by atoms with Crippen LogP contribution in [0.1, 0.15) is 25.3 Å². The molecule has 1 aliphatic heterocycles. The summed E-state index contributed by atoms with van der Waals surface area (Å²) in [5.74, 6) is 0.753. The molecule has 1 aromatic rings. The number of rotatable bonds is 2. The minimum Gasteiger partial charge on any atom is -0.495 e. The maximum absolute atomic E-state index is 6.17. The lowest BCUT2D eigenvalue weighted by Gasteiger charge is -2.34. The van der Waals surface area contributed by atoms with E-state index in [9.17, 15) is 0 Å². The van der Waals surface area contributed by atoms with E-state index in [2.05, 4.69) is 18.3 Å². The summed E-state index contributed by atoms with van der Waals surface area (Å²) in [5, 5.41) is 4.10. The van der Waals surface area contributed by atoms with E-state index in [-0.39, 0.29) is 5.41 Å². The first-order chi connectivity index (χ1) is 7.65. The molecule has 2 nitrogen and oxygen atoms in total. The van der Waals surface area contributed by atoms with E-state index in [4.69, 9.17) is 16.3 Å². The van der Waals surface area contributed by atoms with E-state index >= 15 is 0 Å². The molecule has 0 saturated carbocycles. The summed E-state index contributed by atoms with van der Waals surface area (Å²) in [6.45, 7) is 4.48. The van der Waals surface area contributed by atoms with Gasteiger partial charge in [0, 0.05) is 0 Å². The Bertz CT molecular complexity index is 372. The van der Waals surface area contributed by atoms with Crippen molar-refractivity contribution in [2.75, 3.05) is 20.2 Å². The molecule has 2 rings (SSSR count). The molecule has 1 aliphatic rings. The maximum atomic E-state index is 6.17. The van der Waals surface area contributed by atoms with Crippen LogP contribution in [0.15, 0.2) is 18.2 Å². The van der Waals surface area contributed by atoms with Crippen molar-refractivity contribution in [1.29, 1.82) is 0 Å². The predicted molar refractivity (Wildman–Crippen MR) is 67.5 cm³/mol. The molecule has 1 N–H and O–H groups in total. The van der Waals surface area contributed by atoms with E-state index in [1.54, 1.807) is 7.11 Å². The summed E-state index contributed by atoms with van der Waals surface area (Å²) in [6, 6.07) is 6.15. The number of hydrogen-bond acceptors (Lipinski definition) is 2. The molecule has 88 valence electrons. The fourth-order valence-corrected chi connectivity index (χ4v) is 2.57. The first-order valence-corrected chi connectivity index (χ1v) is 6.08. The van der Waals surface area contributed by atoms with Gasteiger partial charge in [0.05, 0.1) is 12.1 Å². The second-order valence-corrected chi connectivity index (χ2v) is 5.07. The first-order valence-electron chi connectivity index (χ1n) is 5.70. The molecule has 0 radical (unpaired) electrons. The largest absolute Gasteiger partial charge is 0.495 e. The van der Waals surface area contributed by atoms with Gasteiger partial charge in [0.1, 0.15) is 5.75 Å². The lowest BCUT2D eigenvalue weighted by molar-refractivity contribution is 0.334. The monoisotopic (exact) mass is 239 g/mol. The third-order valence-electron chi connectivity index (χ3n) is 3.56. The van der Waals surface area contributed by atoms with Crippen molar-refractivity contribution in [2.24, 2.45) is 0 Å². The van der Waals surface area contributed by atoms with Crippen LogP contribution in [-0.2, 0) is 5.41 Å². The summed E-state index contributed by atoms with van der Waals surface area (Å²) in [4.78, 5) is 0. The Kier molecular flexibility index (Phi) is 3.41. The van der Waals surface area contributed by atoms with Gasteiger partial charge in [-0.25, -0.2) is 0 Å². The number of methoxy groups -OCH3 is 1. The minimum atomic E-state index is 0.251. The van der Waals surface area contributed by atoms with Crippen LogP contribution in [0, 0.1) is 0 Å². The number of nitrogens with one attached hydrogen (secondary N) is 1. The van der Waals surface area contributed by atoms with Crippen molar-refractivity contribution in [2.45, 2.75) is 25.2 Å². The van der Waals surface area contributed by atoms with E-state index in [0.717, 1.165) is 31.7 Å². The number of ether oxygens (including phenoxy) is 1. The Balaban J connectivity index is 2.29. The summed E-state index contributed by atoms with van der Waals surface area (Å²) >= 11 is 6.17. The van der Waals surface area contributed by atoms with Crippen molar-refractivity contribution < 1.29 is 4.74 Å². The Morgan fingerprint density at radius 2 is 2.00 bits per heavy atom. The minimum absolute atomic E-state index is 0.251. The van der Waals surface area contributed by atoms with Crippen molar-refractivity contribution in [1.82, 2.24) is 5.32 Å². The van der Waals surface area contributed by atoms with Crippen LogP contribution >= 0.6 is 11.6 Å². The Morgan fingerprint density at radius 3 is 2.56 bits per heavy atom. The first kappa shape index (κ1) is 11.7. The molecule has 3 heteroatoms. The van der Waals surface area contributed by atoms with Crippen molar-refractivity contribution in [3.05, 3.63) is 28.8 Å². The van der Waals surface area contributed by atoms with Crippen LogP contribution in [-0.4, -0.2) is 20.2 Å². The second kappa shape index (κ2) is 4.64. The van der Waals surface area contributed by atoms with Crippen LogP contribution in [0.25, 0.3) is 0 Å². The predicted octanol–water partition coefficient (Wildman–Crippen LogP) is 2.99. The van der Waals surface area contributed by atoms with Gasteiger partial charge in [0.15, 0.2) is 0 Å². The zero-order valence-corrected chi connectivity index (χ0v) is 10.6. The number of benzene rings is 1. The van der Waals surface area contributed by atoms with Gasteiger partial charge >= 0.3 is 0 Å². The van der Waals surface area contributed by atoms with Gasteiger partial charge in [0.2, 0.25) is 0 Å². The van der Waals surface area contributed by atoms with E-state index in [0.29, 0.717) is 5.02 Å². The normalized spacial score (nSPS) is 19.4. The van der Waals surface area contributed by atoms with Gasteiger partial charge in [-0.2, -0.15) is 0 Å². The van der Waals surface area contributed by atoms with Crippen LogP contribution in [0.5, 0.6) is 5.75 Å². The Hall–Kier alpha value is -0.730. The molecule has 0 amide bonds. The topological polar surface area (TPSA) is 21.3 Å².